The third kappa shape index (κ3) is 2.08. The molecule has 0 saturated heterocycles. The molecule has 0 saturated carbocycles. The van der Waals surface area contributed by atoms with E-state index in [1.54, 1.807) is 6.07 Å². The zero-order chi connectivity index (χ0) is 15.9. The van der Waals surface area contributed by atoms with E-state index in [1.165, 1.54) is 40.9 Å². The summed E-state index contributed by atoms with van der Waals surface area (Å²) < 4.78 is 14.7. The molecule has 0 unspecified atom stereocenters. The van der Waals surface area contributed by atoms with Gasteiger partial charge in [0.2, 0.25) is 0 Å². The maximum atomic E-state index is 13.4. The van der Waals surface area contributed by atoms with Gasteiger partial charge in [-0.2, -0.15) is 0 Å². The lowest BCUT2D eigenvalue weighted by Gasteiger charge is -2.03. The van der Waals surface area contributed by atoms with Crippen LogP contribution < -0.4 is 0 Å². The molecule has 6 nitrogen and oxygen atoms in total. The predicted molar refractivity (Wildman–Crippen MR) is 74.5 cm³/mol. The van der Waals surface area contributed by atoms with Gasteiger partial charge in [0.05, 0.1) is 11.1 Å². The summed E-state index contributed by atoms with van der Waals surface area (Å²) in [7, 11) is 0. The van der Waals surface area contributed by atoms with E-state index in [2.05, 4.69) is 4.98 Å². The van der Waals surface area contributed by atoms with Gasteiger partial charge < -0.3 is 10.2 Å². The number of aromatic carboxylic acids is 2. The molecule has 7 heteroatoms. The molecule has 0 aliphatic heterocycles. The Morgan fingerprint density at radius 3 is 2.50 bits per heavy atom. The molecule has 1 aromatic carbocycles. The summed E-state index contributed by atoms with van der Waals surface area (Å²) in [5, 5.41) is 18.5. The van der Waals surface area contributed by atoms with E-state index in [0.29, 0.717) is 5.56 Å². The summed E-state index contributed by atoms with van der Waals surface area (Å²) >= 11 is 0. The fourth-order valence-electron chi connectivity index (χ4n) is 2.29. The summed E-state index contributed by atoms with van der Waals surface area (Å²) in [5.74, 6) is -2.96. The Hall–Kier alpha value is -3.22. The Labute approximate surface area is 123 Å². The van der Waals surface area contributed by atoms with Crippen LogP contribution in [0.3, 0.4) is 0 Å². The number of pyridine rings is 1. The quantitative estimate of drug-likeness (QED) is 0.775. The van der Waals surface area contributed by atoms with Crippen molar-refractivity contribution in [3.05, 3.63) is 59.7 Å². The number of aromatic nitrogens is 2. The van der Waals surface area contributed by atoms with Crippen LogP contribution in [0.4, 0.5) is 4.39 Å². The topological polar surface area (TPSA) is 91.9 Å². The van der Waals surface area contributed by atoms with Crippen LogP contribution in [0.5, 0.6) is 0 Å². The van der Waals surface area contributed by atoms with Gasteiger partial charge in [0.1, 0.15) is 11.6 Å². The number of halogens is 1. The monoisotopic (exact) mass is 300 g/mol. The van der Waals surface area contributed by atoms with Crippen molar-refractivity contribution in [2.24, 2.45) is 0 Å². The molecular weight excluding hydrogens is 291 g/mol. The summed E-state index contributed by atoms with van der Waals surface area (Å²) in [6.45, 7) is 0. The van der Waals surface area contributed by atoms with Crippen LogP contribution >= 0.6 is 0 Å². The number of carbonyl (C=O) groups is 2. The average molecular weight is 300 g/mol. The Morgan fingerprint density at radius 2 is 1.86 bits per heavy atom. The molecule has 3 rings (SSSR count). The summed E-state index contributed by atoms with van der Waals surface area (Å²) in [5.41, 5.74) is -0.265. The van der Waals surface area contributed by atoms with Gasteiger partial charge >= 0.3 is 11.9 Å². The average Bonchev–Trinajstić information content (AvgIpc) is 2.86. The first kappa shape index (κ1) is 13.7. The van der Waals surface area contributed by atoms with Crippen LogP contribution in [0.15, 0.2) is 42.6 Å². The first-order chi connectivity index (χ1) is 10.5. The van der Waals surface area contributed by atoms with Crippen molar-refractivity contribution in [1.82, 2.24) is 9.38 Å². The van der Waals surface area contributed by atoms with Gasteiger partial charge in [-0.1, -0.05) is 12.1 Å². The molecular formula is C15H9FN2O4. The second kappa shape index (κ2) is 4.96. The van der Waals surface area contributed by atoms with Crippen molar-refractivity contribution >= 4 is 17.5 Å². The molecule has 0 aliphatic rings. The molecule has 2 heterocycles. The first-order valence-corrected chi connectivity index (χ1v) is 6.22. The maximum absolute atomic E-state index is 13.4. The van der Waals surface area contributed by atoms with E-state index < -0.39 is 23.4 Å². The zero-order valence-electron chi connectivity index (χ0n) is 11.0. The molecule has 0 radical (unpaired) electrons. The van der Waals surface area contributed by atoms with E-state index in [4.69, 9.17) is 0 Å². The van der Waals surface area contributed by atoms with Crippen LogP contribution in [0.1, 0.15) is 20.8 Å². The van der Waals surface area contributed by atoms with Crippen LogP contribution in [0.25, 0.3) is 16.9 Å². The molecule has 0 aliphatic carbocycles. The number of fused-ring (bicyclic) bond motifs is 1. The number of carboxylic acid groups (broad SMARTS) is 2. The molecule has 3 aromatic rings. The molecule has 0 spiro atoms. The van der Waals surface area contributed by atoms with E-state index in [0.717, 1.165) is 0 Å². The largest absolute Gasteiger partial charge is 0.478 e. The van der Waals surface area contributed by atoms with Crippen LogP contribution in [0.2, 0.25) is 0 Å². The van der Waals surface area contributed by atoms with E-state index in [-0.39, 0.29) is 16.9 Å². The lowest BCUT2D eigenvalue weighted by atomic mass is 10.2. The Kier molecular flexibility index (Phi) is 3.10. The zero-order valence-corrected chi connectivity index (χ0v) is 11.0. The highest BCUT2D eigenvalue weighted by atomic mass is 19.1. The predicted octanol–water partition coefficient (Wildman–Crippen LogP) is 2.54. The number of hydrogen-bond donors (Lipinski definition) is 2. The number of rotatable bonds is 3. The van der Waals surface area contributed by atoms with Gasteiger partial charge in [0.25, 0.3) is 0 Å². The van der Waals surface area contributed by atoms with E-state index >= 15 is 0 Å². The highest BCUT2D eigenvalue weighted by molar-refractivity contribution is 6.04. The standard InChI is InChI=1S/C15H9FN2O4/c16-9-4-1-3-8(7-9)13-17-11(15(21)22)12-10(14(19)20)5-2-6-18(12)13/h1-7H,(H,19,20)(H,21,22). The third-order valence-corrected chi connectivity index (χ3v) is 3.18. The van der Waals surface area contributed by atoms with Gasteiger partial charge in [0, 0.05) is 11.8 Å². The first-order valence-electron chi connectivity index (χ1n) is 6.22. The highest BCUT2D eigenvalue weighted by Gasteiger charge is 2.22. The van der Waals surface area contributed by atoms with Crippen molar-refractivity contribution in [1.29, 1.82) is 0 Å². The Bertz CT molecular complexity index is 917. The van der Waals surface area contributed by atoms with Crippen molar-refractivity contribution in [3.63, 3.8) is 0 Å². The van der Waals surface area contributed by atoms with E-state index in [1.807, 2.05) is 0 Å². The lowest BCUT2D eigenvalue weighted by molar-refractivity contribution is 0.0691. The minimum absolute atomic E-state index is 0.0400. The minimum atomic E-state index is -1.35. The Morgan fingerprint density at radius 1 is 1.09 bits per heavy atom. The normalized spacial score (nSPS) is 10.8. The van der Waals surface area contributed by atoms with Gasteiger partial charge in [-0.15, -0.1) is 0 Å². The Balaban J connectivity index is 2.41. The second-order valence-electron chi connectivity index (χ2n) is 4.55. The minimum Gasteiger partial charge on any atom is -0.478 e. The summed E-state index contributed by atoms with van der Waals surface area (Å²) in [4.78, 5) is 26.6. The third-order valence-electron chi connectivity index (χ3n) is 3.18. The number of hydrogen-bond acceptors (Lipinski definition) is 3. The summed E-state index contributed by atoms with van der Waals surface area (Å²) in [6.07, 6.45) is 1.49. The van der Waals surface area contributed by atoms with Crippen molar-refractivity contribution in [2.75, 3.05) is 0 Å². The smallest absolute Gasteiger partial charge is 0.356 e. The molecule has 0 atom stereocenters. The van der Waals surface area contributed by atoms with Crippen LogP contribution in [-0.2, 0) is 0 Å². The summed E-state index contributed by atoms with van der Waals surface area (Å²) in [6, 6.07) is 8.24. The van der Waals surface area contributed by atoms with Crippen molar-refractivity contribution in [2.45, 2.75) is 0 Å². The van der Waals surface area contributed by atoms with Gasteiger partial charge in [-0.05, 0) is 24.3 Å². The second-order valence-corrected chi connectivity index (χ2v) is 4.55. The lowest BCUT2D eigenvalue weighted by Crippen LogP contribution is -2.04. The number of benzene rings is 1. The molecule has 22 heavy (non-hydrogen) atoms. The van der Waals surface area contributed by atoms with Crippen LogP contribution in [0, 0.1) is 5.82 Å². The maximum Gasteiger partial charge on any atom is 0.356 e. The number of carboxylic acids is 2. The SMILES string of the molecule is O=C(O)c1cccn2c(-c3cccc(F)c3)nc(C(=O)O)c12. The van der Waals surface area contributed by atoms with Gasteiger partial charge in [-0.25, -0.2) is 19.0 Å². The molecule has 2 N–H and O–H groups in total. The van der Waals surface area contributed by atoms with Crippen molar-refractivity contribution in [3.8, 4) is 11.4 Å². The van der Waals surface area contributed by atoms with Gasteiger partial charge in [-0.3, -0.25) is 4.40 Å². The molecule has 2 aromatic heterocycles. The molecule has 0 amide bonds. The fourth-order valence-corrected chi connectivity index (χ4v) is 2.29. The van der Waals surface area contributed by atoms with Crippen LogP contribution in [-0.4, -0.2) is 31.5 Å². The van der Waals surface area contributed by atoms with E-state index in [9.17, 15) is 24.2 Å². The molecule has 110 valence electrons. The highest BCUT2D eigenvalue weighted by Crippen LogP contribution is 2.25. The molecule has 0 fully saturated rings. The van der Waals surface area contributed by atoms with Gasteiger partial charge in [0.15, 0.2) is 5.69 Å². The van der Waals surface area contributed by atoms with Crippen molar-refractivity contribution < 1.29 is 24.2 Å². The number of nitrogens with zero attached hydrogens (tertiary/aromatic N) is 2. The fraction of sp³-hybridized carbons (Fsp3) is 0. The number of imidazole rings is 1. The molecule has 0 bridgehead atoms.